The number of carboxylic acid groups (broad SMARTS) is 1. The summed E-state index contributed by atoms with van der Waals surface area (Å²) in [5.41, 5.74) is 2.17. The van der Waals surface area contributed by atoms with Gasteiger partial charge in [-0.15, -0.1) is 0 Å². The Hall–Kier alpha value is -1.89. The highest BCUT2D eigenvalue weighted by Gasteiger charge is 2.20. The molecule has 0 spiro atoms. The third-order valence-corrected chi connectivity index (χ3v) is 3.83. The number of hydrogen-bond acceptors (Lipinski definition) is 4. The summed E-state index contributed by atoms with van der Waals surface area (Å²) in [7, 11) is -3.94. The molecule has 0 saturated carbocycles. The minimum Gasteiger partial charge on any atom is -0.480 e. The van der Waals surface area contributed by atoms with Crippen molar-refractivity contribution in [3.8, 4) is 0 Å². The molecule has 19 heavy (non-hydrogen) atoms. The number of para-hydroxylation sites is 1. The van der Waals surface area contributed by atoms with Gasteiger partial charge in [-0.2, -0.15) is 0 Å². The van der Waals surface area contributed by atoms with Crippen LogP contribution < -0.4 is 5.32 Å². The molecule has 1 rings (SSSR count). The minimum atomic E-state index is -3.94. The summed E-state index contributed by atoms with van der Waals surface area (Å²) >= 11 is 0. The number of carbonyl (C=O) groups excluding carboxylic acids is 1. The highest BCUT2D eigenvalue weighted by molar-refractivity contribution is 7.92. The van der Waals surface area contributed by atoms with E-state index in [1.54, 1.807) is 26.0 Å². The van der Waals surface area contributed by atoms with E-state index < -0.39 is 33.2 Å². The van der Waals surface area contributed by atoms with Crippen LogP contribution in [0.15, 0.2) is 18.2 Å². The van der Waals surface area contributed by atoms with Crippen LogP contribution >= 0.6 is 0 Å². The first-order valence-electron chi connectivity index (χ1n) is 5.49. The Kier molecular flexibility index (Phi) is 4.66. The molecule has 0 radical (unpaired) electrons. The second-order valence-electron chi connectivity index (χ2n) is 4.24. The zero-order valence-electron chi connectivity index (χ0n) is 10.6. The maximum atomic E-state index is 11.6. The summed E-state index contributed by atoms with van der Waals surface area (Å²) in [6.07, 6.45) is 0. The van der Waals surface area contributed by atoms with E-state index in [2.05, 4.69) is 5.32 Å². The van der Waals surface area contributed by atoms with Gasteiger partial charge in [-0.25, -0.2) is 8.42 Å². The van der Waals surface area contributed by atoms with Crippen LogP contribution in [0.25, 0.3) is 0 Å². The lowest BCUT2D eigenvalue weighted by Crippen LogP contribution is -2.27. The first kappa shape index (κ1) is 15.2. The molecule has 0 aromatic heterocycles. The molecule has 7 heteroatoms. The Morgan fingerprint density at radius 2 is 1.68 bits per heavy atom. The van der Waals surface area contributed by atoms with Crippen molar-refractivity contribution in [2.75, 3.05) is 16.8 Å². The molecule has 1 amide bonds. The lowest BCUT2D eigenvalue weighted by atomic mass is 10.1. The van der Waals surface area contributed by atoms with Crippen molar-refractivity contribution in [2.45, 2.75) is 13.8 Å². The summed E-state index contributed by atoms with van der Waals surface area (Å²) in [4.78, 5) is 22.0. The topological polar surface area (TPSA) is 101 Å². The molecular weight excluding hydrogens is 270 g/mol. The number of sulfone groups is 1. The van der Waals surface area contributed by atoms with Gasteiger partial charge >= 0.3 is 5.97 Å². The van der Waals surface area contributed by atoms with Crippen LogP contribution in [0.2, 0.25) is 0 Å². The molecule has 0 aliphatic carbocycles. The van der Waals surface area contributed by atoms with Crippen LogP contribution in [0, 0.1) is 13.8 Å². The van der Waals surface area contributed by atoms with Gasteiger partial charge in [0.15, 0.2) is 9.84 Å². The molecule has 1 aromatic carbocycles. The SMILES string of the molecule is Cc1cccc(C)c1NC(=O)CS(=O)(=O)CC(=O)O. The van der Waals surface area contributed by atoms with E-state index in [0.717, 1.165) is 11.1 Å². The van der Waals surface area contributed by atoms with Gasteiger partial charge < -0.3 is 10.4 Å². The van der Waals surface area contributed by atoms with Gasteiger partial charge in [0.05, 0.1) is 0 Å². The quantitative estimate of drug-likeness (QED) is 0.831. The van der Waals surface area contributed by atoms with Gasteiger partial charge in [0.2, 0.25) is 5.91 Å². The number of carbonyl (C=O) groups is 2. The van der Waals surface area contributed by atoms with Gasteiger partial charge in [-0.05, 0) is 25.0 Å². The summed E-state index contributed by atoms with van der Waals surface area (Å²) in [5.74, 6) is -4.10. The number of benzene rings is 1. The highest BCUT2D eigenvalue weighted by Crippen LogP contribution is 2.19. The predicted octanol–water partition coefficient (Wildman–Crippen LogP) is 0.741. The van der Waals surface area contributed by atoms with Crippen LogP contribution in [-0.2, 0) is 19.4 Å². The van der Waals surface area contributed by atoms with Crippen molar-refractivity contribution in [1.82, 2.24) is 0 Å². The lowest BCUT2D eigenvalue weighted by molar-refractivity contribution is -0.134. The lowest BCUT2D eigenvalue weighted by Gasteiger charge is -2.11. The van der Waals surface area contributed by atoms with Gasteiger partial charge in [-0.1, -0.05) is 18.2 Å². The van der Waals surface area contributed by atoms with E-state index in [4.69, 9.17) is 5.11 Å². The summed E-state index contributed by atoms with van der Waals surface area (Å²) < 4.78 is 22.7. The van der Waals surface area contributed by atoms with Crippen LogP contribution in [0.3, 0.4) is 0 Å². The molecule has 0 heterocycles. The molecule has 0 aliphatic rings. The number of rotatable bonds is 5. The monoisotopic (exact) mass is 285 g/mol. The highest BCUT2D eigenvalue weighted by atomic mass is 32.2. The van der Waals surface area contributed by atoms with Gasteiger partial charge in [0.1, 0.15) is 11.5 Å². The number of carboxylic acids is 1. The fraction of sp³-hybridized carbons (Fsp3) is 0.333. The van der Waals surface area contributed by atoms with Crippen LogP contribution in [-0.4, -0.2) is 36.9 Å². The Morgan fingerprint density at radius 3 is 2.16 bits per heavy atom. The second kappa shape index (κ2) is 5.83. The average Bonchev–Trinajstić information content (AvgIpc) is 2.20. The molecule has 0 unspecified atom stereocenters. The van der Waals surface area contributed by atoms with Crippen molar-refractivity contribution in [3.05, 3.63) is 29.3 Å². The Balaban J connectivity index is 2.79. The number of aliphatic carboxylic acids is 1. The van der Waals surface area contributed by atoms with E-state index in [9.17, 15) is 18.0 Å². The number of anilines is 1. The molecule has 2 N–H and O–H groups in total. The largest absolute Gasteiger partial charge is 0.480 e. The van der Waals surface area contributed by atoms with E-state index in [-0.39, 0.29) is 0 Å². The Bertz CT molecular complexity index is 586. The van der Waals surface area contributed by atoms with E-state index in [0.29, 0.717) is 5.69 Å². The van der Waals surface area contributed by atoms with Gasteiger partial charge in [0.25, 0.3) is 0 Å². The normalized spacial score (nSPS) is 11.1. The fourth-order valence-electron chi connectivity index (χ4n) is 1.63. The molecule has 0 fully saturated rings. The van der Waals surface area contributed by atoms with Crippen molar-refractivity contribution in [3.63, 3.8) is 0 Å². The molecule has 0 atom stereocenters. The smallest absolute Gasteiger partial charge is 0.318 e. The Morgan fingerprint density at radius 1 is 1.16 bits per heavy atom. The fourth-order valence-corrected chi connectivity index (χ4v) is 2.58. The first-order chi connectivity index (χ1) is 8.71. The number of aryl methyl sites for hydroxylation is 2. The first-order valence-corrected chi connectivity index (χ1v) is 7.32. The average molecular weight is 285 g/mol. The summed E-state index contributed by atoms with van der Waals surface area (Å²) in [6, 6.07) is 5.39. The van der Waals surface area contributed by atoms with E-state index >= 15 is 0 Å². The van der Waals surface area contributed by atoms with Gasteiger partial charge in [0, 0.05) is 5.69 Å². The number of hydrogen-bond donors (Lipinski definition) is 2. The zero-order chi connectivity index (χ0) is 14.6. The maximum Gasteiger partial charge on any atom is 0.318 e. The van der Waals surface area contributed by atoms with Crippen molar-refractivity contribution >= 4 is 27.4 Å². The summed E-state index contributed by atoms with van der Waals surface area (Å²) in [5, 5.41) is 10.9. The standard InChI is InChI=1S/C12H15NO5S/c1-8-4-3-5-9(2)12(8)13-10(14)6-19(17,18)7-11(15)16/h3-5H,6-7H2,1-2H3,(H,13,14)(H,15,16). The van der Waals surface area contributed by atoms with Crippen molar-refractivity contribution in [1.29, 1.82) is 0 Å². The zero-order valence-corrected chi connectivity index (χ0v) is 11.5. The molecule has 0 bridgehead atoms. The van der Waals surface area contributed by atoms with Crippen LogP contribution in [0.1, 0.15) is 11.1 Å². The van der Waals surface area contributed by atoms with E-state index in [1.165, 1.54) is 0 Å². The Labute approximate surface area is 111 Å². The van der Waals surface area contributed by atoms with Gasteiger partial charge in [-0.3, -0.25) is 9.59 Å². The number of nitrogens with one attached hydrogen (secondary N) is 1. The molecule has 0 aliphatic heterocycles. The molecule has 0 saturated heterocycles. The predicted molar refractivity (Wildman–Crippen MR) is 70.8 cm³/mol. The summed E-state index contributed by atoms with van der Waals surface area (Å²) in [6.45, 7) is 3.57. The van der Waals surface area contributed by atoms with Crippen LogP contribution in [0.4, 0.5) is 5.69 Å². The molecule has 1 aromatic rings. The second-order valence-corrected chi connectivity index (χ2v) is 6.31. The molecular formula is C12H15NO5S. The third kappa shape index (κ3) is 4.70. The maximum absolute atomic E-state index is 11.6. The van der Waals surface area contributed by atoms with Crippen LogP contribution in [0.5, 0.6) is 0 Å². The third-order valence-electron chi connectivity index (χ3n) is 2.44. The van der Waals surface area contributed by atoms with E-state index in [1.807, 2.05) is 6.07 Å². The number of amides is 1. The van der Waals surface area contributed by atoms with Crippen molar-refractivity contribution < 1.29 is 23.1 Å². The molecule has 104 valence electrons. The molecule has 6 nitrogen and oxygen atoms in total. The minimum absolute atomic E-state index is 0.554. The van der Waals surface area contributed by atoms with Crippen molar-refractivity contribution in [2.24, 2.45) is 0 Å².